The monoisotopic (exact) mass is 274 g/mol. The van der Waals surface area contributed by atoms with Gasteiger partial charge in [0.1, 0.15) is 5.75 Å². The van der Waals surface area contributed by atoms with E-state index >= 15 is 0 Å². The molecule has 1 aromatic carbocycles. The molecule has 0 atom stereocenters. The lowest BCUT2D eigenvalue weighted by Gasteiger charge is -2.16. The molecule has 0 aliphatic heterocycles. The summed E-state index contributed by atoms with van der Waals surface area (Å²) in [7, 11) is -0.603. The molecule has 5 nitrogen and oxygen atoms in total. The molecule has 94 valence electrons. The van der Waals surface area contributed by atoms with Crippen molar-refractivity contribution >= 4 is 27.2 Å². The Morgan fingerprint density at radius 2 is 1.94 bits per heavy atom. The molecule has 1 aromatic rings. The number of thiocarbonyl (C=S) groups is 1. The first kappa shape index (κ1) is 13.9. The van der Waals surface area contributed by atoms with Crippen LogP contribution in [0.25, 0.3) is 0 Å². The molecule has 2 N–H and O–H groups in total. The Balaban J connectivity index is 3.00. The van der Waals surface area contributed by atoms with Gasteiger partial charge in [-0.15, -0.1) is 0 Å². The van der Waals surface area contributed by atoms with E-state index in [-0.39, 0.29) is 16.4 Å². The average Bonchev–Trinajstić information content (AvgIpc) is 2.28. The highest BCUT2D eigenvalue weighted by molar-refractivity contribution is 7.89. The molecule has 0 aromatic heterocycles. The number of ether oxygens (including phenoxy) is 1. The van der Waals surface area contributed by atoms with Gasteiger partial charge in [-0.1, -0.05) is 12.2 Å². The third-order valence-electron chi connectivity index (χ3n) is 2.15. The van der Waals surface area contributed by atoms with Crippen molar-refractivity contribution in [1.29, 1.82) is 0 Å². The molecular formula is C10H14N2O3S2. The number of nitrogens with two attached hydrogens (primary N) is 1. The first-order valence-corrected chi connectivity index (χ1v) is 6.61. The van der Waals surface area contributed by atoms with E-state index in [0.717, 1.165) is 4.31 Å². The Bertz CT molecular complexity index is 497. The molecule has 0 amide bonds. The Hall–Kier alpha value is -1.18. The van der Waals surface area contributed by atoms with Gasteiger partial charge in [-0.3, -0.25) is 0 Å². The molecule has 0 fully saturated rings. The van der Waals surface area contributed by atoms with E-state index in [9.17, 15) is 8.42 Å². The van der Waals surface area contributed by atoms with Crippen molar-refractivity contribution < 1.29 is 13.2 Å². The van der Waals surface area contributed by atoms with Crippen LogP contribution < -0.4 is 10.5 Å². The van der Waals surface area contributed by atoms with Gasteiger partial charge in [-0.05, 0) is 24.3 Å². The Kier molecular flexibility index (Phi) is 4.44. The van der Waals surface area contributed by atoms with Gasteiger partial charge in [0.15, 0.2) is 0 Å². The number of sulfonamides is 1. The van der Waals surface area contributed by atoms with Crippen LogP contribution in [0.4, 0.5) is 0 Å². The molecular weight excluding hydrogens is 260 g/mol. The van der Waals surface area contributed by atoms with Crippen LogP contribution >= 0.6 is 12.2 Å². The summed E-state index contributed by atoms with van der Waals surface area (Å²) in [6.45, 7) is 0.0176. The van der Waals surface area contributed by atoms with Gasteiger partial charge in [0.25, 0.3) is 0 Å². The number of likely N-dealkylation sites (N-methyl/N-ethyl adjacent to an activating group) is 1. The molecule has 0 saturated heterocycles. The van der Waals surface area contributed by atoms with Gasteiger partial charge in [-0.2, -0.15) is 4.31 Å². The van der Waals surface area contributed by atoms with Crippen LogP contribution in [-0.2, 0) is 10.0 Å². The third kappa shape index (κ3) is 3.39. The summed E-state index contributed by atoms with van der Waals surface area (Å²) in [6.07, 6.45) is 0. The van der Waals surface area contributed by atoms with Crippen LogP contribution in [0.2, 0.25) is 0 Å². The van der Waals surface area contributed by atoms with Crippen molar-refractivity contribution in [2.45, 2.75) is 4.90 Å². The maximum Gasteiger partial charge on any atom is 0.243 e. The normalized spacial score (nSPS) is 11.5. The zero-order chi connectivity index (χ0) is 13.1. The Morgan fingerprint density at radius 3 is 2.35 bits per heavy atom. The smallest absolute Gasteiger partial charge is 0.243 e. The van der Waals surface area contributed by atoms with E-state index in [1.807, 2.05) is 0 Å². The van der Waals surface area contributed by atoms with E-state index in [1.165, 1.54) is 26.3 Å². The number of rotatable bonds is 5. The van der Waals surface area contributed by atoms with Crippen LogP contribution in [0.1, 0.15) is 0 Å². The molecule has 0 heterocycles. The highest BCUT2D eigenvalue weighted by atomic mass is 32.2. The lowest BCUT2D eigenvalue weighted by atomic mass is 10.3. The summed E-state index contributed by atoms with van der Waals surface area (Å²) in [5.41, 5.74) is 5.32. The minimum Gasteiger partial charge on any atom is -0.497 e. The first-order chi connectivity index (χ1) is 7.87. The maximum atomic E-state index is 12.0. The SMILES string of the molecule is COc1ccc(S(=O)(=O)N(C)CC(N)=S)cc1. The van der Waals surface area contributed by atoms with Gasteiger partial charge >= 0.3 is 0 Å². The zero-order valence-electron chi connectivity index (χ0n) is 9.58. The van der Waals surface area contributed by atoms with Crippen molar-refractivity contribution in [3.63, 3.8) is 0 Å². The second-order valence-electron chi connectivity index (χ2n) is 3.40. The molecule has 7 heteroatoms. The Labute approximate surface area is 106 Å². The largest absolute Gasteiger partial charge is 0.497 e. The highest BCUT2D eigenvalue weighted by Crippen LogP contribution is 2.18. The summed E-state index contributed by atoms with van der Waals surface area (Å²) >= 11 is 4.68. The second-order valence-corrected chi connectivity index (χ2v) is 5.97. The molecule has 0 aliphatic rings. The zero-order valence-corrected chi connectivity index (χ0v) is 11.2. The number of methoxy groups -OCH3 is 1. The predicted octanol–water partition coefficient (Wildman–Crippen LogP) is 0.602. The fraction of sp³-hybridized carbons (Fsp3) is 0.300. The molecule has 1 rings (SSSR count). The highest BCUT2D eigenvalue weighted by Gasteiger charge is 2.20. The molecule has 0 saturated carbocycles. The first-order valence-electron chi connectivity index (χ1n) is 4.76. The molecule has 0 aliphatic carbocycles. The van der Waals surface area contributed by atoms with Crippen LogP contribution in [0.3, 0.4) is 0 Å². The predicted molar refractivity (Wildman–Crippen MR) is 69.6 cm³/mol. The van der Waals surface area contributed by atoms with Crippen molar-refractivity contribution in [2.75, 3.05) is 20.7 Å². The number of benzene rings is 1. The minimum atomic E-state index is -3.55. The standard InChI is InChI=1S/C10H14N2O3S2/c1-12(7-10(11)16)17(13,14)9-5-3-8(15-2)4-6-9/h3-6H,7H2,1-2H3,(H2,11,16). The fourth-order valence-corrected chi connectivity index (χ4v) is 2.66. The number of hydrogen-bond acceptors (Lipinski definition) is 4. The van der Waals surface area contributed by atoms with E-state index in [4.69, 9.17) is 10.5 Å². The summed E-state index contributed by atoms with van der Waals surface area (Å²) in [5.74, 6) is 0.598. The summed E-state index contributed by atoms with van der Waals surface area (Å²) in [4.78, 5) is 0.307. The van der Waals surface area contributed by atoms with Crippen LogP contribution in [0.15, 0.2) is 29.2 Å². The number of hydrogen-bond donors (Lipinski definition) is 1. The molecule has 0 unspecified atom stereocenters. The van der Waals surface area contributed by atoms with Crippen LogP contribution in [0.5, 0.6) is 5.75 Å². The van der Waals surface area contributed by atoms with Gasteiger partial charge < -0.3 is 10.5 Å². The maximum absolute atomic E-state index is 12.0. The van der Waals surface area contributed by atoms with Crippen LogP contribution in [0, 0.1) is 0 Å². The lowest BCUT2D eigenvalue weighted by Crippen LogP contribution is -2.34. The Morgan fingerprint density at radius 1 is 1.41 bits per heavy atom. The van der Waals surface area contributed by atoms with E-state index < -0.39 is 10.0 Å². The van der Waals surface area contributed by atoms with E-state index in [0.29, 0.717) is 5.75 Å². The molecule has 0 bridgehead atoms. The fourth-order valence-electron chi connectivity index (χ4n) is 1.23. The molecule has 0 spiro atoms. The summed E-state index contributed by atoms with van der Waals surface area (Å²) in [6, 6.07) is 6.12. The summed E-state index contributed by atoms with van der Waals surface area (Å²) < 4.78 is 30.1. The second kappa shape index (κ2) is 5.44. The van der Waals surface area contributed by atoms with Gasteiger partial charge in [-0.25, -0.2) is 8.42 Å². The van der Waals surface area contributed by atoms with Crippen molar-refractivity contribution in [3.8, 4) is 5.75 Å². The lowest BCUT2D eigenvalue weighted by molar-refractivity contribution is 0.414. The van der Waals surface area contributed by atoms with Gasteiger partial charge in [0.2, 0.25) is 10.0 Å². The average molecular weight is 274 g/mol. The minimum absolute atomic E-state index is 0.0176. The third-order valence-corrected chi connectivity index (χ3v) is 4.09. The van der Waals surface area contributed by atoms with Crippen molar-refractivity contribution in [2.24, 2.45) is 5.73 Å². The summed E-state index contributed by atoms with van der Waals surface area (Å²) in [5, 5.41) is 0. The molecule has 17 heavy (non-hydrogen) atoms. The van der Waals surface area contributed by atoms with E-state index in [2.05, 4.69) is 12.2 Å². The topological polar surface area (TPSA) is 72.6 Å². The van der Waals surface area contributed by atoms with Crippen molar-refractivity contribution in [3.05, 3.63) is 24.3 Å². The number of nitrogens with zero attached hydrogens (tertiary/aromatic N) is 1. The van der Waals surface area contributed by atoms with Gasteiger partial charge in [0, 0.05) is 7.05 Å². The molecule has 0 radical (unpaired) electrons. The van der Waals surface area contributed by atoms with Crippen molar-refractivity contribution in [1.82, 2.24) is 4.31 Å². The van der Waals surface area contributed by atoms with Gasteiger partial charge in [0.05, 0.1) is 23.5 Å². The van der Waals surface area contributed by atoms with E-state index in [1.54, 1.807) is 12.1 Å². The quantitative estimate of drug-likeness (QED) is 0.796. The van der Waals surface area contributed by atoms with Crippen LogP contribution in [-0.4, -0.2) is 38.4 Å².